The third kappa shape index (κ3) is 3.21. The van der Waals surface area contributed by atoms with Crippen LogP contribution in [0.1, 0.15) is 1.37 Å². The van der Waals surface area contributed by atoms with E-state index >= 15 is 0 Å². The molecule has 0 aliphatic carbocycles. The lowest BCUT2D eigenvalue weighted by Gasteiger charge is -1.64. The molecule has 0 bridgehead atoms. The third-order valence-corrected chi connectivity index (χ3v) is 0.151. The molecule has 0 radical (unpaired) electrons. The average Bonchev–Trinajstić information content (AvgIpc) is 1.36. The van der Waals surface area contributed by atoms with Crippen LogP contribution in [-0.2, 0) is 4.79 Å². The van der Waals surface area contributed by atoms with Crippen molar-refractivity contribution in [1.82, 2.24) is 0 Å². The molecule has 0 aliphatic rings. The summed E-state index contributed by atoms with van der Waals surface area (Å²) in [6.07, 6.45) is 0. The molecule has 0 fully saturated rings. The minimum Gasteiger partial charge on any atom is -0.478 e. The molecule has 0 aromatic carbocycles. The number of rotatable bonds is 1. The summed E-state index contributed by atoms with van der Waals surface area (Å²) in [6.45, 7) is 2.82. The molecule has 0 aliphatic heterocycles. The summed E-state index contributed by atoms with van der Waals surface area (Å²) in [5.41, 5.74) is 0. The molecule has 0 atom stereocenters. The number of hydrogen-bond acceptors (Lipinski definition) is 1. The van der Waals surface area contributed by atoms with E-state index in [-0.39, 0.29) is 0 Å². The summed E-state index contributed by atoms with van der Waals surface area (Å²) in [5, 5.41) is 7.70. The van der Waals surface area contributed by atoms with Gasteiger partial charge in [0.1, 0.15) is 0 Å². The maximum absolute atomic E-state index is 9.41. The first kappa shape index (κ1) is 2.45. The fourth-order valence-electron chi connectivity index (χ4n) is 0. The Labute approximate surface area is 31.1 Å². The van der Waals surface area contributed by atoms with Crippen molar-refractivity contribution in [2.45, 2.75) is 0 Å². The van der Waals surface area contributed by atoms with Gasteiger partial charge in [-0.15, -0.1) is 0 Å². The zero-order valence-electron chi connectivity index (χ0n) is 3.56. The van der Waals surface area contributed by atoms with E-state index in [4.69, 9.17) is 6.48 Å². The first-order valence-electron chi connectivity index (χ1n) is 1.53. The Morgan fingerprint density at radius 1 is 2.40 bits per heavy atom. The van der Waals surface area contributed by atoms with Gasteiger partial charge in [-0.25, -0.2) is 4.79 Å². The maximum Gasteiger partial charge on any atom is 0.327 e. The van der Waals surface area contributed by atoms with Crippen molar-refractivity contribution in [1.29, 1.82) is 0 Å². The Bertz CT molecular complexity index is 74.8. The van der Waals surface area contributed by atoms with Crippen molar-refractivity contribution in [3.8, 4) is 0 Å². The molecule has 2 nitrogen and oxygen atoms in total. The Hall–Kier alpha value is -0.790. The average molecular weight is 73.1 g/mol. The van der Waals surface area contributed by atoms with Crippen LogP contribution in [0.15, 0.2) is 12.6 Å². The summed E-state index contributed by atoms with van der Waals surface area (Å²) in [4.78, 5) is 9.41. The lowest BCUT2D eigenvalue weighted by Crippen LogP contribution is -1.82. The van der Waals surface area contributed by atoms with E-state index in [0.717, 1.165) is 0 Å². The smallest absolute Gasteiger partial charge is 0.327 e. The van der Waals surface area contributed by atoms with Crippen LogP contribution >= 0.6 is 0 Å². The predicted molar refractivity (Wildman–Crippen MR) is 17.8 cm³/mol. The molecular weight excluding hydrogens is 68.0 g/mol. The highest BCUT2D eigenvalue weighted by molar-refractivity contribution is 5.78. The van der Waals surface area contributed by atoms with Crippen molar-refractivity contribution in [2.24, 2.45) is 0 Å². The minimum atomic E-state index is -1.27. The van der Waals surface area contributed by atoms with Crippen LogP contribution in [0.2, 0.25) is 0 Å². The molecule has 0 rings (SSSR count). The van der Waals surface area contributed by atoms with Crippen LogP contribution in [0.5, 0.6) is 0 Å². The number of carboxylic acids is 1. The Balaban J connectivity index is 3.57. The largest absolute Gasteiger partial charge is 0.478 e. The second kappa shape index (κ2) is 1.52. The molecule has 1 N–H and O–H groups in total. The topological polar surface area (TPSA) is 37.3 Å². The Morgan fingerprint density at radius 3 is 2.60 bits per heavy atom. The summed E-state index contributed by atoms with van der Waals surface area (Å²) in [6, 6.07) is -0.574. The van der Waals surface area contributed by atoms with Crippen LogP contribution in [-0.4, -0.2) is 11.1 Å². The molecule has 2 heteroatoms. The van der Waals surface area contributed by atoms with Crippen LogP contribution < -0.4 is 0 Å². The van der Waals surface area contributed by atoms with Crippen molar-refractivity contribution in [3.05, 3.63) is 12.6 Å². The monoisotopic (exact) mass is 73.0 g/mol. The first-order chi connectivity index (χ1) is 2.64. The number of aliphatic carboxylic acids is 1. The van der Waals surface area contributed by atoms with Gasteiger partial charge in [-0.05, 0) is 0 Å². The van der Waals surface area contributed by atoms with E-state index < -0.39 is 12.0 Å². The summed E-state index contributed by atoms with van der Waals surface area (Å²) in [5.74, 6) is -1.27. The van der Waals surface area contributed by atoms with Crippen LogP contribution in [0.25, 0.3) is 0 Å². The quantitative estimate of drug-likeness (QED) is 0.452. The zero-order valence-corrected chi connectivity index (χ0v) is 2.56. The van der Waals surface area contributed by atoms with E-state index in [1.807, 2.05) is 0 Å². The zero-order chi connectivity index (χ0) is 5.15. The lowest BCUT2D eigenvalue weighted by atomic mass is 10.7. The SMILES string of the molecule is [2H]C(=C)C(=O)O. The Kier molecular flexibility index (Phi) is 0.745. The molecule has 0 unspecified atom stereocenters. The highest BCUT2D eigenvalue weighted by Gasteiger charge is 1.73. The highest BCUT2D eigenvalue weighted by atomic mass is 16.4. The molecule has 0 aromatic heterocycles. The second-order valence-electron chi connectivity index (χ2n) is 0.482. The van der Waals surface area contributed by atoms with Crippen LogP contribution in [0.4, 0.5) is 0 Å². The van der Waals surface area contributed by atoms with E-state index in [0.29, 0.717) is 0 Å². The van der Waals surface area contributed by atoms with Gasteiger partial charge in [0, 0.05) is 6.05 Å². The van der Waals surface area contributed by atoms with Gasteiger partial charge < -0.3 is 5.11 Å². The van der Waals surface area contributed by atoms with Crippen molar-refractivity contribution < 1.29 is 11.3 Å². The van der Waals surface area contributed by atoms with Gasteiger partial charge >= 0.3 is 5.97 Å². The van der Waals surface area contributed by atoms with Gasteiger partial charge in [-0.1, -0.05) is 6.58 Å². The molecule has 0 heterocycles. The lowest BCUT2D eigenvalue weighted by molar-refractivity contribution is -0.131. The van der Waals surface area contributed by atoms with E-state index in [1.165, 1.54) is 0 Å². The fourth-order valence-corrected chi connectivity index (χ4v) is 0. The van der Waals surface area contributed by atoms with E-state index in [1.54, 1.807) is 0 Å². The maximum atomic E-state index is 9.41. The minimum absolute atomic E-state index is 0.574. The molecule has 28 valence electrons. The standard InChI is InChI=1S/C3H4O2/c1-2-3(4)5/h2H,1H2,(H,4,5)/i2D. The third-order valence-electron chi connectivity index (χ3n) is 0.151. The number of hydrogen-bond donors (Lipinski definition) is 1. The normalized spacial score (nSPS) is 9.20. The van der Waals surface area contributed by atoms with Crippen molar-refractivity contribution in [3.63, 3.8) is 0 Å². The van der Waals surface area contributed by atoms with Crippen LogP contribution in [0.3, 0.4) is 0 Å². The molecule has 0 saturated carbocycles. The van der Waals surface area contributed by atoms with Crippen molar-refractivity contribution >= 4 is 5.97 Å². The molecule has 0 aromatic rings. The van der Waals surface area contributed by atoms with Crippen LogP contribution in [0, 0.1) is 0 Å². The number of carboxylic acid groups (broad SMARTS) is 1. The fraction of sp³-hybridized carbons (Fsp3) is 0. The summed E-state index contributed by atoms with van der Waals surface area (Å²) in [7, 11) is 0. The molecule has 0 saturated heterocycles. The van der Waals surface area contributed by atoms with Gasteiger partial charge in [0.05, 0.1) is 1.37 Å². The van der Waals surface area contributed by atoms with Gasteiger partial charge in [0.2, 0.25) is 0 Å². The van der Waals surface area contributed by atoms with E-state index in [2.05, 4.69) is 6.58 Å². The molecule has 5 heavy (non-hydrogen) atoms. The van der Waals surface area contributed by atoms with E-state index in [9.17, 15) is 4.79 Å². The summed E-state index contributed by atoms with van der Waals surface area (Å²) >= 11 is 0. The highest BCUT2D eigenvalue weighted by Crippen LogP contribution is 1.54. The first-order valence-corrected chi connectivity index (χ1v) is 1.03. The predicted octanol–water partition coefficient (Wildman–Crippen LogP) is 0.257. The second-order valence-corrected chi connectivity index (χ2v) is 0.482. The number of carbonyl (C=O) groups is 1. The molecular formula is C3H4O2. The van der Waals surface area contributed by atoms with Crippen molar-refractivity contribution in [2.75, 3.05) is 0 Å². The van der Waals surface area contributed by atoms with Gasteiger partial charge in [-0.3, -0.25) is 0 Å². The Morgan fingerprint density at radius 2 is 2.60 bits per heavy atom. The molecule has 0 amide bonds. The van der Waals surface area contributed by atoms with Gasteiger partial charge in [0.25, 0.3) is 0 Å². The van der Waals surface area contributed by atoms with Gasteiger partial charge in [-0.2, -0.15) is 0 Å². The summed E-state index contributed by atoms with van der Waals surface area (Å²) < 4.78 is 6.24. The van der Waals surface area contributed by atoms with Gasteiger partial charge in [0.15, 0.2) is 0 Å². The molecule has 0 spiro atoms.